The Labute approximate surface area is 119 Å². The highest BCUT2D eigenvalue weighted by molar-refractivity contribution is 5.95. The highest BCUT2D eigenvalue weighted by Crippen LogP contribution is 2.22. The molecule has 0 bridgehead atoms. The van der Waals surface area contributed by atoms with Crippen LogP contribution in [0.2, 0.25) is 0 Å². The van der Waals surface area contributed by atoms with E-state index in [4.69, 9.17) is 0 Å². The lowest BCUT2D eigenvalue weighted by atomic mass is 9.89. The molecule has 1 aromatic heterocycles. The number of hydrogen-bond acceptors (Lipinski definition) is 3. The van der Waals surface area contributed by atoms with Crippen LogP contribution >= 0.6 is 0 Å². The van der Waals surface area contributed by atoms with Crippen molar-refractivity contribution in [3.05, 3.63) is 29.3 Å². The second kappa shape index (κ2) is 5.87. The molecule has 1 amide bonds. The summed E-state index contributed by atoms with van der Waals surface area (Å²) in [6, 6.07) is 1.50. The zero-order valence-corrected chi connectivity index (χ0v) is 12.4. The minimum atomic E-state index is -0.567. The van der Waals surface area contributed by atoms with Gasteiger partial charge in [0.25, 0.3) is 5.91 Å². The minimum absolute atomic E-state index is 0.0802. The molecule has 4 nitrogen and oxygen atoms in total. The molecule has 1 aliphatic heterocycles. The number of aromatic nitrogens is 1. The Morgan fingerprint density at radius 1 is 1.50 bits per heavy atom. The Morgan fingerprint density at radius 3 is 2.75 bits per heavy atom. The summed E-state index contributed by atoms with van der Waals surface area (Å²) < 4.78 is 13.7. The Kier molecular flexibility index (Phi) is 4.38. The van der Waals surface area contributed by atoms with Gasteiger partial charge < -0.3 is 10.2 Å². The quantitative estimate of drug-likeness (QED) is 0.922. The highest BCUT2D eigenvalue weighted by atomic mass is 19.1. The standard InChI is InChI=1S/C15H22FN3O/c1-4-19-7-5-15(3,6-8-19)18-14(20)12-9-11(2)17-10-13(12)16/h9-10H,4-8H2,1-3H3,(H,18,20). The van der Waals surface area contributed by atoms with Crippen molar-refractivity contribution in [2.45, 2.75) is 39.2 Å². The van der Waals surface area contributed by atoms with E-state index in [0.29, 0.717) is 5.69 Å². The second-order valence-corrected chi connectivity index (χ2v) is 5.75. The first-order valence-electron chi connectivity index (χ1n) is 7.10. The third kappa shape index (κ3) is 3.33. The molecule has 0 spiro atoms. The third-order valence-corrected chi connectivity index (χ3v) is 4.06. The summed E-state index contributed by atoms with van der Waals surface area (Å²) in [6.45, 7) is 8.87. The minimum Gasteiger partial charge on any atom is -0.347 e. The zero-order chi connectivity index (χ0) is 14.8. The highest BCUT2D eigenvalue weighted by Gasteiger charge is 2.31. The SMILES string of the molecule is CCN1CCC(C)(NC(=O)c2cc(C)ncc2F)CC1. The first kappa shape index (κ1) is 14.9. The van der Waals surface area contributed by atoms with E-state index >= 15 is 0 Å². The topological polar surface area (TPSA) is 45.2 Å². The number of amides is 1. The number of halogens is 1. The van der Waals surface area contributed by atoms with Crippen LogP contribution in [0.4, 0.5) is 4.39 Å². The summed E-state index contributed by atoms with van der Waals surface area (Å²) in [5, 5.41) is 2.99. The Bertz CT molecular complexity index is 496. The zero-order valence-electron chi connectivity index (χ0n) is 12.4. The molecule has 2 heterocycles. The van der Waals surface area contributed by atoms with Gasteiger partial charge in [0.1, 0.15) is 0 Å². The Morgan fingerprint density at radius 2 is 2.15 bits per heavy atom. The normalized spacial score (nSPS) is 18.8. The van der Waals surface area contributed by atoms with E-state index in [0.717, 1.165) is 38.7 Å². The number of carbonyl (C=O) groups is 1. The molecule has 0 radical (unpaired) electrons. The van der Waals surface area contributed by atoms with Crippen LogP contribution in [-0.4, -0.2) is 41.0 Å². The number of nitrogens with one attached hydrogen (secondary N) is 1. The van der Waals surface area contributed by atoms with E-state index in [1.807, 2.05) is 6.92 Å². The first-order chi connectivity index (χ1) is 9.43. The maximum atomic E-state index is 13.7. The summed E-state index contributed by atoms with van der Waals surface area (Å²) in [5.41, 5.74) is 0.464. The van der Waals surface area contributed by atoms with Crippen molar-refractivity contribution in [1.82, 2.24) is 15.2 Å². The summed E-state index contributed by atoms with van der Waals surface area (Å²) in [4.78, 5) is 18.4. The molecule has 0 saturated carbocycles. The molecule has 2 rings (SSSR count). The van der Waals surface area contributed by atoms with Crippen molar-refractivity contribution in [2.24, 2.45) is 0 Å². The van der Waals surface area contributed by atoms with Gasteiger partial charge in [0, 0.05) is 24.3 Å². The predicted molar refractivity (Wildman–Crippen MR) is 76.2 cm³/mol. The van der Waals surface area contributed by atoms with Crippen LogP contribution in [0, 0.1) is 12.7 Å². The van der Waals surface area contributed by atoms with E-state index in [1.54, 1.807) is 6.92 Å². The van der Waals surface area contributed by atoms with Gasteiger partial charge in [-0.25, -0.2) is 4.39 Å². The number of nitrogens with zero attached hydrogens (tertiary/aromatic N) is 2. The molecule has 1 N–H and O–H groups in total. The lowest BCUT2D eigenvalue weighted by Crippen LogP contribution is -2.53. The molecule has 1 saturated heterocycles. The lowest BCUT2D eigenvalue weighted by molar-refractivity contribution is 0.0835. The number of likely N-dealkylation sites (tertiary alicyclic amines) is 1. The molecule has 20 heavy (non-hydrogen) atoms. The molecule has 0 aliphatic carbocycles. The van der Waals surface area contributed by atoms with Crippen molar-refractivity contribution in [3.8, 4) is 0 Å². The van der Waals surface area contributed by atoms with Crippen LogP contribution in [0.5, 0.6) is 0 Å². The smallest absolute Gasteiger partial charge is 0.254 e. The number of aryl methyl sites for hydroxylation is 1. The van der Waals surface area contributed by atoms with Gasteiger partial charge in [-0.05, 0) is 39.3 Å². The van der Waals surface area contributed by atoms with Crippen LogP contribution in [0.1, 0.15) is 42.7 Å². The molecule has 0 atom stereocenters. The van der Waals surface area contributed by atoms with Gasteiger partial charge in [-0.3, -0.25) is 9.78 Å². The number of pyridine rings is 1. The number of rotatable bonds is 3. The van der Waals surface area contributed by atoms with Gasteiger partial charge in [0.05, 0.1) is 11.8 Å². The largest absolute Gasteiger partial charge is 0.347 e. The molecular formula is C15H22FN3O. The average molecular weight is 279 g/mol. The van der Waals surface area contributed by atoms with E-state index in [9.17, 15) is 9.18 Å². The maximum Gasteiger partial charge on any atom is 0.254 e. The lowest BCUT2D eigenvalue weighted by Gasteiger charge is -2.39. The molecule has 1 aliphatic rings. The van der Waals surface area contributed by atoms with Gasteiger partial charge in [-0.2, -0.15) is 0 Å². The summed E-state index contributed by atoms with van der Waals surface area (Å²) in [5.74, 6) is -0.914. The molecular weight excluding hydrogens is 257 g/mol. The molecule has 1 fully saturated rings. The molecule has 1 aromatic rings. The Balaban J connectivity index is 2.06. The first-order valence-corrected chi connectivity index (χ1v) is 7.10. The summed E-state index contributed by atoms with van der Waals surface area (Å²) in [6.07, 6.45) is 2.88. The molecule has 0 aromatic carbocycles. The number of hydrogen-bond donors (Lipinski definition) is 1. The fourth-order valence-corrected chi connectivity index (χ4v) is 2.55. The van der Waals surface area contributed by atoms with E-state index in [2.05, 4.69) is 22.1 Å². The van der Waals surface area contributed by atoms with Crippen LogP contribution < -0.4 is 5.32 Å². The summed E-state index contributed by atoms with van der Waals surface area (Å²) in [7, 11) is 0. The second-order valence-electron chi connectivity index (χ2n) is 5.75. The van der Waals surface area contributed by atoms with Crippen molar-refractivity contribution >= 4 is 5.91 Å². The van der Waals surface area contributed by atoms with Crippen molar-refractivity contribution in [1.29, 1.82) is 0 Å². The van der Waals surface area contributed by atoms with Crippen molar-refractivity contribution < 1.29 is 9.18 Å². The van der Waals surface area contributed by atoms with E-state index < -0.39 is 5.82 Å². The van der Waals surface area contributed by atoms with Crippen molar-refractivity contribution in [3.63, 3.8) is 0 Å². The monoisotopic (exact) mass is 279 g/mol. The fourth-order valence-electron chi connectivity index (χ4n) is 2.55. The van der Waals surface area contributed by atoms with Gasteiger partial charge in [0.15, 0.2) is 5.82 Å². The van der Waals surface area contributed by atoms with Crippen LogP contribution in [0.3, 0.4) is 0 Å². The fraction of sp³-hybridized carbons (Fsp3) is 0.600. The Hall–Kier alpha value is -1.49. The van der Waals surface area contributed by atoms with Gasteiger partial charge in [-0.1, -0.05) is 6.92 Å². The molecule has 110 valence electrons. The van der Waals surface area contributed by atoms with Crippen LogP contribution in [0.25, 0.3) is 0 Å². The number of carbonyl (C=O) groups excluding carboxylic acids is 1. The van der Waals surface area contributed by atoms with Crippen LogP contribution in [-0.2, 0) is 0 Å². The van der Waals surface area contributed by atoms with E-state index in [1.165, 1.54) is 6.07 Å². The number of piperidine rings is 1. The van der Waals surface area contributed by atoms with Gasteiger partial charge in [0.2, 0.25) is 0 Å². The third-order valence-electron chi connectivity index (χ3n) is 4.06. The van der Waals surface area contributed by atoms with Gasteiger partial charge in [-0.15, -0.1) is 0 Å². The maximum absolute atomic E-state index is 13.7. The van der Waals surface area contributed by atoms with Crippen LogP contribution in [0.15, 0.2) is 12.3 Å². The average Bonchev–Trinajstić information content (AvgIpc) is 2.42. The van der Waals surface area contributed by atoms with Gasteiger partial charge >= 0.3 is 0 Å². The summed E-state index contributed by atoms with van der Waals surface area (Å²) >= 11 is 0. The van der Waals surface area contributed by atoms with E-state index in [-0.39, 0.29) is 17.0 Å². The molecule has 5 heteroatoms. The van der Waals surface area contributed by atoms with Crippen molar-refractivity contribution in [2.75, 3.05) is 19.6 Å². The molecule has 0 unspecified atom stereocenters. The predicted octanol–water partition coefficient (Wildman–Crippen LogP) is 2.13.